The van der Waals surface area contributed by atoms with E-state index in [-0.39, 0.29) is 0 Å². The summed E-state index contributed by atoms with van der Waals surface area (Å²) in [7, 11) is 1.70. The summed E-state index contributed by atoms with van der Waals surface area (Å²) in [6, 6.07) is 0.510. The molecule has 2 N–H and O–H groups in total. The molecular formula is C13H26N2OS. The van der Waals surface area contributed by atoms with E-state index < -0.39 is 0 Å². The van der Waals surface area contributed by atoms with Gasteiger partial charge in [-0.25, -0.2) is 0 Å². The van der Waals surface area contributed by atoms with Gasteiger partial charge in [-0.2, -0.15) is 0 Å². The van der Waals surface area contributed by atoms with E-state index in [2.05, 4.69) is 31.4 Å². The number of thiocarbonyl (C=S) groups is 1. The Morgan fingerprint density at radius 1 is 1.41 bits per heavy atom. The van der Waals surface area contributed by atoms with Gasteiger partial charge in [-0.15, -0.1) is 0 Å². The Balaban J connectivity index is 2.32. The van der Waals surface area contributed by atoms with E-state index in [4.69, 9.17) is 17.0 Å². The Hall–Kier alpha value is -0.350. The van der Waals surface area contributed by atoms with Gasteiger partial charge in [-0.1, -0.05) is 20.8 Å². The maximum atomic E-state index is 5.28. The zero-order chi connectivity index (χ0) is 12.9. The van der Waals surface area contributed by atoms with Crippen LogP contribution in [0, 0.1) is 11.3 Å². The van der Waals surface area contributed by atoms with Crippen LogP contribution in [0.2, 0.25) is 0 Å². The van der Waals surface area contributed by atoms with Crippen molar-refractivity contribution in [3.05, 3.63) is 0 Å². The second-order valence-electron chi connectivity index (χ2n) is 6.00. The molecule has 1 saturated carbocycles. The summed E-state index contributed by atoms with van der Waals surface area (Å²) >= 11 is 5.28. The van der Waals surface area contributed by atoms with Crippen molar-refractivity contribution in [2.45, 2.75) is 46.1 Å². The molecule has 0 aliphatic heterocycles. The van der Waals surface area contributed by atoms with E-state index in [1.807, 2.05) is 0 Å². The predicted octanol–water partition coefficient (Wildman–Crippen LogP) is 2.31. The molecule has 0 aromatic rings. The molecule has 2 atom stereocenters. The lowest BCUT2D eigenvalue weighted by Gasteiger charge is -2.39. The molecule has 0 aromatic heterocycles. The first-order valence-corrected chi connectivity index (χ1v) is 6.87. The van der Waals surface area contributed by atoms with Crippen LogP contribution in [-0.4, -0.2) is 31.4 Å². The maximum absolute atomic E-state index is 5.28. The number of hydrogen-bond acceptors (Lipinski definition) is 2. The van der Waals surface area contributed by atoms with Crippen molar-refractivity contribution < 1.29 is 4.74 Å². The smallest absolute Gasteiger partial charge is 0.166 e. The minimum absolute atomic E-state index is 0.428. The molecule has 1 aliphatic carbocycles. The highest BCUT2D eigenvalue weighted by atomic mass is 32.1. The van der Waals surface area contributed by atoms with Crippen LogP contribution in [0.15, 0.2) is 0 Å². The lowest BCUT2D eigenvalue weighted by atomic mass is 9.71. The van der Waals surface area contributed by atoms with Crippen molar-refractivity contribution in [2.75, 3.05) is 20.3 Å². The third-order valence-electron chi connectivity index (χ3n) is 3.31. The van der Waals surface area contributed by atoms with Crippen LogP contribution < -0.4 is 10.6 Å². The van der Waals surface area contributed by atoms with Gasteiger partial charge in [0.05, 0.1) is 6.61 Å². The standard InChI is InChI=1S/C13H26N2OS/c1-10-7-11(9-13(2,3)8-10)15-12(17)14-5-6-16-4/h10-11H,5-9H2,1-4H3,(H2,14,15,17). The van der Waals surface area contributed by atoms with Crippen molar-refractivity contribution in [1.29, 1.82) is 0 Å². The largest absolute Gasteiger partial charge is 0.383 e. The summed E-state index contributed by atoms with van der Waals surface area (Å²) in [6.07, 6.45) is 3.73. The molecule has 2 unspecified atom stereocenters. The summed E-state index contributed by atoms with van der Waals surface area (Å²) in [6.45, 7) is 8.48. The van der Waals surface area contributed by atoms with Crippen LogP contribution in [0.5, 0.6) is 0 Å². The molecular weight excluding hydrogens is 232 g/mol. The molecule has 1 rings (SSSR count). The first-order valence-electron chi connectivity index (χ1n) is 6.46. The molecule has 0 bridgehead atoms. The van der Waals surface area contributed by atoms with Crippen molar-refractivity contribution in [3.8, 4) is 0 Å². The minimum atomic E-state index is 0.428. The predicted molar refractivity (Wildman–Crippen MR) is 76.2 cm³/mol. The SMILES string of the molecule is COCCNC(=S)NC1CC(C)CC(C)(C)C1. The fourth-order valence-electron chi connectivity index (χ4n) is 2.96. The molecule has 1 fully saturated rings. The first kappa shape index (κ1) is 14.7. The summed E-state index contributed by atoms with van der Waals surface area (Å²) in [5, 5.41) is 7.36. The molecule has 0 aromatic carbocycles. The van der Waals surface area contributed by atoms with Crippen molar-refractivity contribution in [2.24, 2.45) is 11.3 Å². The van der Waals surface area contributed by atoms with E-state index in [0.717, 1.165) is 17.6 Å². The fourth-order valence-corrected chi connectivity index (χ4v) is 3.23. The molecule has 0 amide bonds. The van der Waals surface area contributed by atoms with E-state index in [9.17, 15) is 0 Å². The van der Waals surface area contributed by atoms with Gasteiger partial charge in [0.2, 0.25) is 0 Å². The second-order valence-corrected chi connectivity index (χ2v) is 6.41. The highest BCUT2D eigenvalue weighted by Gasteiger charge is 2.32. The van der Waals surface area contributed by atoms with Gasteiger partial charge in [0.25, 0.3) is 0 Å². The average molecular weight is 258 g/mol. The highest BCUT2D eigenvalue weighted by Crippen LogP contribution is 2.38. The summed E-state index contributed by atoms with van der Waals surface area (Å²) in [4.78, 5) is 0. The van der Waals surface area contributed by atoms with Crippen LogP contribution in [0.25, 0.3) is 0 Å². The lowest BCUT2D eigenvalue weighted by Crippen LogP contribution is -2.47. The zero-order valence-corrected chi connectivity index (χ0v) is 12.3. The van der Waals surface area contributed by atoms with Gasteiger partial charge in [-0.3, -0.25) is 0 Å². The Morgan fingerprint density at radius 3 is 2.71 bits per heavy atom. The maximum Gasteiger partial charge on any atom is 0.166 e. The monoisotopic (exact) mass is 258 g/mol. The normalized spacial score (nSPS) is 27.5. The van der Waals surface area contributed by atoms with Gasteiger partial charge in [-0.05, 0) is 42.8 Å². The molecule has 0 saturated heterocycles. The Bertz CT molecular complexity index is 256. The molecule has 17 heavy (non-hydrogen) atoms. The second kappa shape index (κ2) is 6.55. The Labute approximate surface area is 111 Å². The molecule has 0 spiro atoms. The lowest BCUT2D eigenvalue weighted by molar-refractivity contribution is 0.161. The Morgan fingerprint density at radius 2 is 2.12 bits per heavy atom. The summed E-state index contributed by atoms with van der Waals surface area (Å²) in [5.41, 5.74) is 0.428. The van der Waals surface area contributed by atoms with Crippen molar-refractivity contribution in [1.82, 2.24) is 10.6 Å². The van der Waals surface area contributed by atoms with Crippen LogP contribution in [0.4, 0.5) is 0 Å². The molecule has 100 valence electrons. The first-order chi connectivity index (χ1) is 7.93. The van der Waals surface area contributed by atoms with Crippen LogP contribution in [0.3, 0.4) is 0 Å². The summed E-state index contributed by atoms with van der Waals surface area (Å²) < 4.78 is 4.98. The van der Waals surface area contributed by atoms with Crippen LogP contribution >= 0.6 is 12.2 Å². The zero-order valence-electron chi connectivity index (χ0n) is 11.5. The van der Waals surface area contributed by atoms with Crippen LogP contribution in [-0.2, 0) is 4.74 Å². The minimum Gasteiger partial charge on any atom is -0.383 e. The quantitative estimate of drug-likeness (QED) is 0.599. The van der Waals surface area contributed by atoms with Gasteiger partial charge in [0.1, 0.15) is 0 Å². The molecule has 3 nitrogen and oxygen atoms in total. The van der Waals surface area contributed by atoms with Crippen molar-refractivity contribution in [3.63, 3.8) is 0 Å². The molecule has 0 heterocycles. The fraction of sp³-hybridized carbons (Fsp3) is 0.923. The number of rotatable bonds is 4. The number of ether oxygens (including phenoxy) is 1. The number of hydrogen-bond donors (Lipinski definition) is 2. The van der Waals surface area contributed by atoms with Crippen molar-refractivity contribution >= 4 is 17.3 Å². The number of methoxy groups -OCH3 is 1. The Kier molecular flexibility index (Phi) is 5.67. The third-order valence-corrected chi connectivity index (χ3v) is 3.58. The average Bonchev–Trinajstić information content (AvgIpc) is 2.14. The summed E-state index contributed by atoms with van der Waals surface area (Å²) in [5.74, 6) is 0.776. The highest BCUT2D eigenvalue weighted by molar-refractivity contribution is 7.80. The topological polar surface area (TPSA) is 33.3 Å². The molecule has 4 heteroatoms. The number of nitrogens with one attached hydrogen (secondary N) is 2. The molecule has 0 radical (unpaired) electrons. The van der Waals surface area contributed by atoms with Gasteiger partial charge in [0.15, 0.2) is 5.11 Å². The van der Waals surface area contributed by atoms with E-state index >= 15 is 0 Å². The van der Waals surface area contributed by atoms with Gasteiger partial charge < -0.3 is 15.4 Å². The van der Waals surface area contributed by atoms with E-state index in [1.54, 1.807) is 7.11 Å². The van der Waals surface area contributed by atoms with E-state index in [0.29, 0.717) is 18.1 Å². The van der Waals surface area contributed by atoms with Gasteiger partial charge >= 0.3 is 0 Å². The van der Waals surface area contributed by atoms with Crippen LogP contribution in [0.1, 0.15) is 40.0 Å². The van der Waals surface area contributed by atoms with E-state index in [1.165, 1.54) is 19.3 Å². The van der Waals surface area contributed by atoms with Gasteiger partial charge in [0, 0.05) is 19.7 Å². The third kappa shape index (κ3) is 5.68. The molecule has 1 aliphatic rings.